The first-order chi connectivity index (χ1) is 12.1. The highest BCUT2D eigenvalue weighted by atomic mass is 16.6. The van der Waals surface area contributed by atoms with Gasteiger partial charge in [-0.05, 0) is 25.5 Å². The van der Waals surface area contributed by atoms with E-state index in [-0.39, 0.29) is 18.0 Å². The highest BCUT2D eigenvalue weighted by Crippen LogP contribution is 2.52. The molecule has 1 amide bonds. The third kappa shape index (κ3) is 2.49. The monoisotopic (exact) mass is 341 g/mol. The summed E-state index contributed by atoms with van der Waals surface area (Å²) in [4.78, 5) is 27.4. The summed E-state index contributed by atoms with van der Waals surface area (Å²) < 4.78 is 11.5. The molecule has 2 fully saturated rings. The molecule has 0 aromatic heterocycles. The van der Waals surface area contributed by atoms with Crippen LogP contribution < -0.4 is 4.90 Å². The second kappa shape index (κ2) is 5.99. The average molecular weight is 341 g/mol. The van der Waals surface area contributed by atoms with Crippen molar-refractivity contribution in [2.75, 3.05) is 18.1 Å². The number of ether oxygens (including phenoxy) is 2. The van der Waals surface area contributed by atoms with Gasteiger partial charge in [-0.15, -0.1) is 0 Å². The quantitative estimate of drug-likeness (QED) is 0.469. The molecule has 4 rings (SSSR count). The summed E-state index contributed by atoms with van der Waals surface area (Å²) >= 11 is 0. The summed E-state index contributed by atoms with van der Waals surface area (Å²) in [6, 6.07) is 7.85. The first-order valence-electron chi connectivity index (χ1n) is 8.97. The van der Waals surface area contributed by atoms with Gasteiger partial charge >= 0.3 is 5.97 Å². The van der Waals surface area contributed by atoms with Crippen molar-refractivity contribution >= 4 is 17.6 Å². The Labute approximate surface area is 147 Å². The van der Waals surface area contributed by atoms with Gasteiger partial charge in [0.05, 0.1) is 25.2 Å². The van der Waals surface area contributed by atoms with Gasteiger partial charge < -0.3 is 14.4 Å². The zero-order valence-corrected chi connectivity index (χ0v) is 14.6. The maximum absolute atomic E-state index is 13.1. The Morgan fingerprint density at radius 2 is 2.12 bits per heavy atom. The molecule has 5 nitrogen and oxygen atoms in total. The third-order valence-electron chi connectivity index (χ3n) is 5.46. The van der Waals surface area contributed by atoms with Crippen LogP contribution in [0.15, 0.2) is 36.4 Å². The van der Waals surface area contributed by atoms with Crippen molar-refractivity contribution < 1.29 is 19.1 Å². The highest BCUT2D eigenvalue weighted by molar-refractivity contribution is 6.02. The SMILES string of the molecule is CCCCOC(=O)[C@@H]1[C@@H]2C=C[C@@]3(CN(c4ccc(C)cc4)C(=O)[C@H]13)O2. The molecule has 132 valence electrons. The molecule has 2 bridgehead atoms. The van der Waals surface area contributed by atoms with Gasteiger partial charge in [0.2, 0.25) is 5.91 Å². The maximum Gasteiger partial charge on any atom is 0.312 e. The minimum atomic E-state index is -0.693. The van der Waals surface area contributed by atoms with Crippen molar-refractivity contribution in [2.24, 2.45) is 11.8 Å². The van der Waals surface area contributed by atoms with Crippen molar-refractivity contribution in [3.8, 4) is 0 Å². The predicted octanol–water partition coefficient (Wildman–Crippen LogP) is 2.62. The number of nitrogens with zero attached hydrogens (tertiary/aromatic N) is 1. The minimum Gasteiger partial charge on any atom is -0.465 e. The van der Waals surface area contributed by atoms with Gasteiger partial charge in [0, 0.05) is 5.69 Å². The summed E-state index contributed by atoms with van der Waals surface area (Å²) in [7, 11) is 0. The molecular formula is C20H23NO4. The predicted molar refractivity (Wildman–Crippen MR) is 93.1 cm³/mol. The minimum absolute atomic E-state index is 0.0480. The number of hydrogen-bond donors (Lipinski definition) is 0. The van der Waals surface area contributed by atoms with Gasteiger partial charge in [-0.25, -0.2) is 0 Å². The molecule has 3 heterocycles. The number of carbonyl (C=O) groups is 2. The molecule has 0 unspecified atom stereocenters. The molecule has 4 atom stereocenters. The summed E-state index contributed by atoms with van der Waals surface area (Å²) in [6.07, 6.45) is 5.33. The molecule has 25 heavy (non-hydrogen) atoms. The van der Waals surface area contributed by atoms with Crippen LogP contribution in [0.4, 0.5) is 5.69 Å². The van der Waals surface area contributed by atoms with E-state index in [1.54, 1.807) is 4.90 Å². The van der Waals surface area contributed by atoms with Crippen molar-refractivity contribution in [2.45, 2.75) is 38.4 Å². The van der Waals surface area contributed by atoms with Gasteiger partial charge in [0.1, 0.15) is 11.5 Å². The van der Waals surface area contributed by atoms with Crippen LogP contribution in [0.1, 0.15) is 25.3 Å². The van der Waals surface area contributed by atoms with E-state index in [9.17, 15) is 9.59 Å². The zero-order valence-electron chi connectivity index (χ0n) is 14.6. The number of benzene rings is 1. The van der Waals surface area contributed by atoms with Crippen LogP contribution in [0.3, 0.4) is 0 Å². The third-order valence-corrected chi connectivity index (χ3v) is 5.46. The highest BCUT2D eigenvalue weighted by Gasteiger charge is 2.67. The molecule has 0 radical (unpaired) electrons. The van der Waals surface area contributed by atoms with Crippen LogP contribution in [0.25, 0.3) is 0 Å². The molecule has 1 aromatic rings. The lowest BCUT2D eigenvalue weighted by molar-refractivity contribution is -0.152. The Kier molecular flexibility index (Phi) is 3.91. The fraction of sp³-hybridized carbons (Fsp3) is 0.500. The smallest absolute Gasteiger partial charge is 0.312 e. The molecule has 3 aliphatic heterocycles. The molecule has 3 aliphatic rings. The van der Waals surface area contributed by atoms with E-state index in [0.717, 1.165) is 24.1 Å². The van der Waals surface area contributed by atoms with E-state index in [2.05, 4.69) is 0 Å². The van der Waals surface area contributed by atoms with Crippen LogP contribution >= 0.6 is 0 Å². The largest absolute Gasteiger partial charge is 0.465 e. The van der Waals surface area contributed by atoms with Crippen LogP contribution in [-0.4, -0.2) is 36.7 Å². The number of rotatable bonds is 5. The first kappa shape index (κ1) is 16.3. The molecule has 2 saturated heterocycles. The summed E-state index contributed by atoms with van der Waals surface area (Å²) in [5, 5.41) is 0. The van der Waals surface area contributed by atoms with Crippen molar-refractivity contribution in [3.63, 3.8) is 0 Å². The van der Waals surface area contributed by atoms with E-state index in [4.69, 9.17) is 9.47 Å². The van der Waals surface area contributed by atoms with Crippen molar-refractivity contribution in [3.05, 3.63) is 42.0 Å². The lowest BCUT2D eigenvalue weighted by Crippen LogP contribution is -2.40. The zero-order chi connectivity index (χ0) is 17.6. The van der Waals surface area contributed by atoms with Crippen LogP contribution in [0, 0.1) is 18.8 Å². The summed E-state index contributed by atoms with van der Waals surface area (Å²) in [6.45, 7) is 4.91. The number of amides is 1. The summed E-state index contributed by atoms with van der Waals surface area (Å²) in [5.41, 5.74) is 1.29. The maximum atomic E-state index is 13.1. The lowest BCUT2D eigenvalue weighted by Gasteiger charge is -2.22. The molecule has 5 heteroatoms. The van der Waals surface area contributed by atoms with Crippen LogP contribution in [-0.2, 0) is 19.1 Å². The molecule has 1 aromatic carbocycles. The van der Waals surface area contributed by atoms with Gasteiger partial charge in [-0.1, -0.05) is 43.2 Å². The Morgan fingerprint density at radius 1 is 1.36 bits per heavy atom. The molecular weight excluding hydrogens is 318 g/mol. The van der Waals surface area contributed by atoms with Gasteiger partial charge in [-0.2, -0.15) is 0 Å². The normalized spacial score (nSPS) is 32.3. The van der Waals surface area contributed by atoms with E-state index >= 15 is 0 Å². The number of esters is 1. The van der Waals surface area contributed by atoms with E-state index < -0.39 is 17.4 Å². The van der Waals surface area contributed by atoms with Crippen molar-refractivity contribution in [1.29, 1.82) is 0 Å². The van der Waals surface area contributed by atoms with Gasteiger partial charge in [0.15, 0.2) is 0 Å². The standard InChI is InChI=1S/C20H23NO4/c1-3-4-11-24-19(23)16-15-9-10-20(25-15)12-21(18(22)17(16)20)14-7-5-13(2)6-8-14/h5-10,15-17H,3-4,11-12H2,1-2H3/t15-,16+,17-,20-/m0/s1. The van der Waals surface area contributed by atoms with Crippen LogP contribution in [0.2, 0.25) is 0 Å². The van der Waals surface area contributed by atoms with Gasteiger partial charge in [-0.3, -0.25) is 9.59 Å². The van der Waals surface area contributed by atoms with Crippen LogP contribution in [0.5, 0.6) is 0 Å². The fourth-order valence-corrected chi connectivity index (χ4v) is 4.12. The van der Waals surface area contributed by atoms with Crippen molar-refractivity contribution in [1.82, 2.24) is 0 Å². The lowest BCUT2D eigenvalue weighted by atomic mass is 9.77. The Morgan fingerprint density at radius 3 is 2.84 bits per heavy atom. The van der Waals surface area contributed by atoms with E-state index in [1.807, 2.05) is 50.3 Å². The Bertz CT molecular complexity index is 726. The second-order valence-corrected chi connectivity index (χ2v) is 7.18. The first-order valence-corrected chi connectivity index (χ1v) is 8.97. The topological polar surface area (TPSA) is 55.8 Å². The molecule has 1 spiro atoms. The number of fused-ring (bicyclic) bond motifs is 1. The molecule has 0 aliphatic carbocycles. The number of hydrogen-bond acceptors (Lipinski definition) is 4. The fourth-order valence-electron chi connectivity index (χ4n) is 4.12. The second-order valence-electron chi connectivity index (χ2n) is 7.18. The summed E-state index contributed by atoms with van der Waals surface area (Å²) in [5.74, 6) is -1.38. The van der Waals surface area contributed by atoms with E-state index in [1.165, 1.54) is 0 Å². The molecule has 0 saturated carbocycles. The van der Waals surface area contributed by atoms with E-state index in [0.29, 0.717) is 13.2 Å². The Balaban J connectivity index is 1.59. The number of anilines is 1. The van der Waals surface area contributed by atoms with Gasteiger partial charge in [0.25, 0.3) is 0 Å². The molecule has 0 N–H and O–H groups in total. The Hall–Kier alpha value is -2.14. The number of carbonyl (C=O) groups excluding carboxylic acids is 2. The number of aryl methyl sites for hydroxylation is 1. The average Bonchev–Trinajstić information content (AvgIpc) is 3.24. The number of unbranched alkanes of at least 4 members (excludes halogenated alkanes) is 1.